The summed E-state index contributed by atoms with van der Waals surface area (Å²) in [4.78, 5) is 0. The molecule has 0 atom stereocenters. The van der Waals surface area contributed by atoms with Crippen LogP contribution in [-0.4, -0.2) is 12.8 Å². The van der Waals surface area contributed by atoms with Crippen LogP contribution in [0.15, 0.2) is 22.8 Å². The van der Waals surface area contributed by atoms with E-state index >= 15 is 0 Å². The number of halogens is 3. The Hall–Kier alpha value is -0.870. The van der Waals surface area contributed by atoms with E-state index < -0.39 is 5.82 Å². The van der Waals surface area contributed by atoms with Gasteiger partial charge in [-0.2, -0.15) is 0 Å². The van der Waals surface area contributed by atoms with E-state index in [0.717, 1.165) is 0 Å². The molecule has 0 bridgehead atoms. The summed E-state index contributed by atoms with van der Waals surface area (Å²) in [6, 6.07) is 4.11. The lowest BCUT2D eigenvalue weighted by Crippen LogP contribution is -2.08. The zero-order valence-corrected chi connectivity index (χ0v) is 11.2. The maximum Gasteiger partial charge on any atom is 0.124 e. The predicted octanol–water partition coefficient (Wildman–Crippen LogP) is 3.80. The van der Waals surface area contributed by atoms with Crippen molar-refractivity contribution in [2.24, 2.45) is 0 Å². The largest absolute Gasteiger partial charge is 0.382 e. The molecule has 1 aromatic carbocycles. The fourth-order valence-electron chi connectivity index (χ4n) is 1.30. The van der Waals surface area contributed by atoms with Gasteiger partial charge < -0.3 is 10.7 Å². The predicted molar refractivity (Wildman–Crippen MR) is 69.7 cm³/mol. The molecule has 1 aromatic rings. The molecule has 0 aliphatic rings. The molecular weight excluding hydrogens is 294 g/mol. The van der Waals surface area contributed by atoms with Crippen molar-refractivity contribution in [1.29, 1.82) is 5.41 Å². The van der Waals surface area contributed by atoms with Crippen LogP contribution in [0, 0.1) is 11.2 Å². The summed E-state index contributed by atoms with van der Waals surface area (Å²) in [5, 5.41) is 10.9. The van der Waals surface area contributed by atoms with Crippen LogP contribution < -0.4 is 5.32 Å². The van der Waals surface area contributed by atoms with E-state index in [2.05, 4.69) is 21.2 Å². The van der Waals surface area contributed by atoms with Gasteiger partial charge in [-0.25, -0.2) is 4.39 Å². The Kier molecular flexibility index (Phi) is 4.50. The summed E-state index contributed by atoms with van der Waals surface area (Å²) < 4.78 is 13.6. The Morgan fingerprint density at radius 2 is 2.12 bits per heavy atom. The number of hydrogen-bond acceptors (Lipinski definition) is 2. The van der Waals surface area contributed by atoms with Crippen molar-refractivity contribution in [2.75, 3.05) is 7.05 Å². The standard InChI is InChI=1S/C11H11BrClFN2/c1-6(15)10(11(12)16-2)8-4-3-7(14)5-9(8)13/h3-5,15-16H,1-2H3/b11-10+,15-6?. The van der Waals surface area contributed by atoms with E-state index in [1.165, 1.54) is 12.1 Å². The van der Waals surface area contributed by atoms with Gasteiger partial charge in [0.05, 0.1) is 9.63 Å². The van der Waals surface area contributed by atoms with Gasteiger partial charge in [-0.3, -0.25) is 0 Å². The van der Waals surface area contributed by atoms with Crippen LogP contribution in [0.4, 0.5) is 4.39 Å². The van der Waals surface area contributed by atoms with E-state index in [1.807, 2.05) is 0 Å². The maximum atomic E-state index is 12.9. The van der Waals surface area contributed by atoms with Crippen LogP contribution in [0.25, 0.3) is 5.57 Å². The maximum absolute atomic E-state index is 12.9. The normalized spacial score (nSPS) is 12.1. The topological polar surface area (TPSA) is 35.9 Å². The van der Waals surface area contributed by atoms with Gasteiger partial charge in [-0.1, -0.05) is 11.6 Å². The van der Waals surface area contributed by atoms with Crippen LogP contribution >= 0.6 is 27.5 Å². The molecule has 2 nitrogen and oxygen atoms in total. The Balaban J connectivity index is 3.39. The highest BCUT2D eigenvalue weighted by molar-refractivity contribution is 9.11. The second kappa shape index (κ2) is 5.46. The summed E-state index contributed by atoms with van der Waals surface area (Å²) in [5.41, 5.74) is 1.58. The Labute approximate surface area is 107 Å². The van der Waals surface area contributed by atoms with Crippen molar-refractivity contribution in [3.05, 3.63) is 39.2 Å². The number of nitrogens with one attached hydrogen (secondary N) is 2. The molecule has 0 fully saturated rings. The molecule has 0 radical (unpaired) electrons. The molecule has 1 rings (SSSR count). The van der Waals surface area contributed by atoms with Gasteiger partial charge in [0.25, 0.3) is 0 Å². The first-order chi connectivity index (χ1) is 7.47. The molecule has 5 heteroatoms. The zero-order chi connectivity index (χ0) is 12.3. The van der Waals surface area contributed by atoms with Crippen molar-refractivity contribution in [3.8, 4) is 0 Å². The van der Waals surface area contributed by atoms with Crippen molar-refractivity contribution < 1.29 is 4.39 Å². The first-order valence-electron chi connectivity index (χ1n) is 4.55. The average Bonchev–Trinajstić information content (AvgIpc) is 2.21. The van der Waals surface area contributed by atoms with Crippen LogP contribution in [0.5, 0.6) is 0 Å². The molecular formula is C11H11BrClFN2. The molecule has 16 heavy (non-hydrogen) atoms. The zero-order valence-electron chi connectivity index (χ0n) is 8.87. The van der Waals surface area contributed by atoms with E-state index in [-0.39, 0.29) is 5.02 Å². The first kappa shape index (κ1) is 13.2. The van der Waals surface area contributed by atoms with E-state index in [1.54, 1.807) is 20.0 Å². The van der Waals surface area contributed by atoms with Gasteiger partial charge >= 0.3 is 0 Å². The molecule has 0 aromatic heterocycles. The minimum Gasteiger partial charge on any atom is -0.382 e. The second-order valence-corrected chi connectivity index (χ2v) is 4.39. The highest BCUT2D eigenvalue weighted by Gasteiger charge is 2.13. The SMILES string of the molecule is CN/C(Br)=C(\C(C)=N)c1ccc(F)cc1Cl. The van der Waals surface area contributed by atoms with E-state index in [9.17, 15) is 4.39 Å². The first-order valence-corrected chi connectivity index (χ1v) is 5.73. The second-order valence-electron chi connectivity index (χ2n) is 3.19. The summed E-state index contributed by atoms with van der Waals surface area (Å²) >= 11 is 9.26. The molecule has 86 valence electrons. The molecule has 0 aliphatic heterocycles. The molecule has 0 heterocycles. The number of rotatable bonds is 3. The van der Waals surface area contributed by atoms with E-state index in [0.29, 0.717) is 21.5 Å². The minimum absolute atomic E-state index is 0.286. The summed E-state index contributed by atoms with van der Waals surface area (Å²) in [7, 11) is 1.73. The summed E-state index contributed by atoms with van der Waals surface area (Å²) in [6.45, 7) is 1.65. The molecule has 0 unspecified atom stereocenters. The van der Waals surface area contributed by atoms with Gasteiger partial charge in [0.2, 0.25) is 0 Å². The van der Waals surface area contributed by atoms with Crippen LogP contribution in [0.3, 0.4) is 0 Å². The summed E-state index contributed by atoms with van der Waals surface area (Å²) in [5.74, 6) is -0.392. The molecule has 0 aliphatic carbocycles. The molecule has 0 saturated heterocycles. The van der Waals surface area contributed by atoms with Crippen molar-refractivity contribution in [2.45, 2.75) is 6.92 Å². The molecule has 0 saturated carbocycles. The lowest BCUT2D eigenvalue weighted by molar-refractivity contribution is 0.628. The highest BCUT2D eigenvalue weighted by Crippen LogP contribution is 2.29. The van der Waals surface area contributed by atoms with Crippen LogP contribution in [0.1, 0.15) is 12.5 Å². The molecule has 0 spiro atoms. The quantitative estimate of drug-likeness (QED) is 0.646. The van der Waals surface area contributed by atoms with Crippen molar-refractivity contribution in [3.63, 3.8) is 0 Å². The third-order valence-electron chi connectivity index (χ3n) is 2.01. The highest BCUT2D eigenvalue weighted by atomic mass is 79.9. The lowest BCUT2D eigenvalue weighted by atomic mass is 10.0. The third kappa shape index (κ3) is 2.83. The summed E-state index contributed by atoms with van der Waals surface area (Å²) in [6.07, 6.45) is 0. The molecule has 2 N–H and O–H groups in total. The smallest absolute Gasteiger partial charge is 0.124 e. The lowest BCUT2D eigenvalue weighted by Gasteiger charge is -2.11. The van der Waals surface area contributed by atoms with Gasteiger partial charge in [-0.15, -0.1) is 0 Å². The van der Waals surface area contributed by atoms with Crippen molar-refractivity contribution >= 4 is 38.8 Å². The Bertz CT molecular complexity index is 457. The monoisotopic (exact) mass is 304 g/mol. The fourth-order valence-corrected chi connectivity index (χ4v) is 2.07. The Morgan fingerprint density at radius 3 is 2.56 bits per heavy atom. The van der Waals surface area contributed by atoms with Crippen LogP contribution in [-0.2, 0) is 0 Å². The molecule has 0 amide bonds. The third-order valence-corrected chi connectivity index (χ3v) is 3.12. The van der Waals surface area contributed by atoms with Gasteiger partial charge in [0.15, 0.2) is 0 Å². The number of benzene rings is 1. The average molecular weight is 306 g/mol. The minimum atomic E-state index is -0.392. The number of allylic oxidation sites excluding steroid dienone is 1. The fraction of sp³-hybridized carbons (Fsp3) is 0.182. The van der Waals surface area contributed by atoms with E-state index in [4.69, 9.17) is 17.0 Å². The van der Waals surface area contributed by atoms with Gasteiger partial charge in [-0.05, 0) is 41.1 Å². The van der Waals surface area contributed by atoms with Crippen molar-refractivity contribution in [1.82, 2.24) is 5.32 Å². The number of hydrogen-bond donors (Lipinski definition) is 2. The van der Waals surface area contributed by atoms with Gasteiger partial charge in [0.1, 0.15) is 5.82 Å². The Morgan fingerprint density at radius 1 is 1.50 bits per heavy atom. The van der Waals surface area contributed by atoms with Crippen LogP contribution in [0.2, 0.25) is 5.02 Å². The van der Waals surface area contributed by atoms with Gasteiger partial charge in [0, 0.05) is 23.9 Å².